The molecule has 1 aromatic heterocycles. The summed E-state index contributed by atoms with van der Waals surface area (Å²) < 4.78 is 5.27. The lowest BCUT2D eigenvalue weighted by Gasteiger charge is -2.27. The van der Waals surface area contributed by atoms with Crippen LogP contribution in [0, 0.1) is 0 Å². The Morgan fingerprint density at radius 2 is 1.90 bits per heavy atom. The fourth-order valence-electron chi connectivity index (χ4n) is 3.95. The molecule has 1 N–H and O–H groups in total. The molecule has 0 aliphatic carbocycles. The molecule has 7 heteroatoms. The van der Waals surface area contributed by atoms with Gasteiger partial charge in [0, 0.05) is 50.9 Å². The molecule has 0 radical (unpaired) electrons. The van der Waals surface area contributed by atoms with Crippen LogP contribution in [0.1, 0.15) is 36.5 Å². The van der Waals surface area contributed by atoms with Crippen LogP contribution in [0.5, 0.6) is 0 Å². The first-order valence-corrected chi connectivity index (χ1v) is 10.8. The summed E-state index contributed by atoms with van der Waals surface area (Å²) in [6.07, 6.45) is 6.96. The highest BCUT2D eigenvalue weighted by molar-refractivity contribution is 5.90. The Labute approximate surface area is 182 Å². The number of aromatic nitrogens is 1. The highest BCUT2D eigenvalue weighted by atomic mass is 16.5. The molecule has 0 saturated heterocycles. The van der Waals surface area contributed by atoms with Crippen molar-refractivity contribution in [2.24, 2.45) is 0 Å². The van der Waals surface area contributed by atoms with Crippen molar-refractivity contribution in [1.82, 2.24) is 14.8 Å². The van der Waals surface area contributed by atoms with Gasteiger partial charge in [-0.15, -0.1) is 0 Å². The minimum Gasteiger partial charge on any atom is -0.381 e. The maximum Gasteiger partial charge on any atom is 0.322 e. The Morgan fingerprint density at radius 1 is 1.10 bits per heavy atom. The Balaban J connectivity index is 1.30. The second-order valence-electron chi connectivity index (χ2n) is 7.77. The predicted molar refractivity (Wildman–Crippen MR) is 119 cm³/mol. The quantitative estimate of drug-likeness (QED) is 0.724. The summed E-state index contributed by atoms with van der Waals surface area (Å²) in [5, 5.41) is 2.98. The summed E-state index contributed by atoms with van der Waals surface area (Å²) in [7, 11) is 0. The number of hydrogen-bond donors (Lipinski definition) is 1. The second-order valence-corrected chi connectivity index (χ2v) is 7.77. The molecule has 2 aliphatic heterocycles. The summed E-state index contributed by atoms with van der Waals surface area (Å²) in [5.74, 6) is 0.140. The van der Waals surface area contributed by atoms with E-state index >= 15 is 0 Å². The number of hydrogen-bond acceptors (Lipinski definition) is 4. The average molecular weight is 421 g/mol. The third kappa shape index (κ3) is 5.11. The number of carbonyl (C=O) groups excluding carboxylic acids is 2. The molecule has 0 atom stereocenters. The number of amides is 3. The highest BCUT2D eigenvalue weighted by Gasteiger charge is 2.23. The van der Waals surface area contributed by atoms with E-state index < -0.39 is 0 Å². The smallest absolute Gasteiger partial charge is 0.322 e. The standard InChI is InChI=1S/C24H28N4O3/c1-2-31-14-10-23(29)27-12-8-19(9-13-27)18-3-5-22(6-4-18)26-24(30)28-16-20-7-11-25-15-21(20)17-28/h3-8,11,15H,2,9-10,12-14,16-17H2,1H3,(H,26,30). The van der Waals surface area contributed by atoms with Crippen LogP contribution < -0.4 is 5.32 Å². The number of nitrogens with one attached hydrogen (secondary N) is 1. The van der Waals surface area contributed by atoms with Gasteiger partial charge in [0.05, 0.1) is 13.0 Å². The molecular formula is C24H28N4O3. The SMILES string of the molecule is CCOCCC(=O)N1CC=C(c2ccc(NC(=O)N3Cc4ccncc4C3)cc2)CC1. The van der Waals surface area contributed by atoms with Crippen molar-refractivity contribution in [2.75, 3.05) is 31.6 Å². The van der Waals surface area contributed by atoms with Crippen molar-refractivity contribution in [2.45, 2.75) is 32.9 Å². The number of nitrogens with zero attached hydrogens (tertiary/aromatic N) is 3. The van der Waals surface area contributed by atoms with Crippen molar-refractivity contribution in [3.8, 4) is 0 Å². The number of anilines is 1. The molecule has 2 aliphatic rings. The van der Waals surface area contributed by atoms with Crippen LogP contribution in [0.15, 0.2) is 48.8 Å². The average Bonchev–Trinajstić information content (AvgIpc) is 3.24. The Bertz CT molecular complexity index is 946. The first-order chi connectivity index (χ1) is 15.1. The number of pyridine rings is 1. The number of benzene rings is 1. The molecule has 0 unspecified atom stereocenters. The Hall–Kier alpha value is -3.19. The predicted octanol–water partition coefficient (Wildman–Crippen LogP) is 3.67. The summed E-state index contributed by atoms with van der Waals surface area (Å²) in [4.78, 5) is 32.6. The van der Waals surface area contributed by atoms with Crippen LogP contribution in [-0.2, 0) is 22.6 Å². The molecule has 0 saturated carbocycles. The summed E-state index contributed by atoms with van der Waals surface area (Å²) in [6, 6.07) is 9.76. The lowest BCUT2D eigenvalue weighted by Crippen LogP contribution is -2.35. The van der Waals surface area contributed by atoms with Crippen molar-refractivity contribution >= 4 is 23.2 Å². The lowest BCUT2D eigenvalue weighted by atomic mass is 9.99. The number of rotatable bonds is 6. The molecule has 162 valence electrons. The van der Waals surface area contributed by atoms with Crippen molar-refractivity contribution < 1.29 is 14.3 Å². The minimum atomic E-state index is -0.109. The molecule has 31 heavy (non-hydrogen) atoms. The number of fused-ring (bicyclic) bond motifs is 1. The van der Waals surface area contributed by atoms with E-state index in [-0.39, 0.29) is 11.9 Å². The van der Waals surface area contributed by atoms with Gasteiger partial charge in [-0.3, -0.25) is 9.78 Å². The third-order valence-electron chi connectivity index (χ3n) is 5.75. The number of urea groups is 1. The summed E-state index contributed by atoms with van der Waals surface area (Å²) >= 11 is 0. The van der Waals surface area contributed by atoms with E-state index in [2.05, 4.69) is 16.4 Å². The van der Waals surface area contributed by atoms with E-state index in [9.17, 15) is 9.59 Å². The van der Waals surface area contributed by atoms with Gasteiger partial charge in [-0.05, 0) is 53.8 Å². The van der Waals surface area contributed by atoms with Gasteiger partial charge in [0.2, 0.25) is 5.91 Å². The molecule has 0 bridgehead atoms. The van der Waals surface area contributed by atoms with Crippen LogP contribution >= 0.6 is 0 Å². The topological polar surface area (TPSA) is 74.8 Å². The molecule has 0 spiro atoms. The van der Waals surface area contributed by atoms with Crippen LogP contribution in [0.3, 0.4) is 0 Å². The largest absolute Gasteiger partial charge is 0.381 e. The van der Waals surface area contributed by atoms with Gasteiger partial charge in [0.15, 0.2) is 0 Å². The zero-order valence-electron chi connectivity index (χ0n) is 17.8. The maximum atomic E-state index is 12.6. The van der Waals surface area contributed by atoms with Gasteiger partial charge in [-0.1, -0.05) is 18.2 Å². The Morgan fingerprint density at radius 3 is 2.61 bits per heavy atom. The zero-order valence-corrected chi connectivity index (χ0v) is 17.8. The Kier molecular flexibility index (Phi) is 6.62. The lowest BCUT2D eigenvalue weighted by molar-refractivity contribution is -0.131. The van der Waals surface area contributed by atoms with E-state index in [0.717, 1.165) is 35.3 Å². The normalized spacial score (nSPS) is 15.5. The van der Waals surface area contributed by atoms with Gasteiger partial charge in [0.1, 0.15) is 0 Å². The van der Waals surface area contributed by atoms with Crippen molar-refractivity contribution in [3.05, 3.63) is 65.5 Å². The molecular weight excluding hydrogens is 392 g/mol. The van der Waals surface area contributed by atoms with Crippen LogP contribution in [-0.4, -0.2) is 53.0 Å². The molecule has 2 aromatic rings. The van der Waals surface area contributed by atoms with Crippen LogP contribution in [0.2, 0.25) is 0 Å². The van der Waals surface area contributed by atoms with E-state index in [0.29, 0.717) is 39.3 Å². The third-order valence-corrected chi connectivity index (χ3v) is 5.75. The molecule has 4 rings (SSSR count). The van der Waals surface area contributed by atoms with Crippen molar-refractivity contribution in [1.29, 1.82) is 0 Å². The monoisotopic (exact) mass is 420 g/mol. The van der Waals surface area contributed by atoms with E-state index in [4.69, 9.17) is 4.74 Å². The molecule has 1 aromatic carbocycles. The minimum absolute atomic E-state index is 0.109. The maximum absolute atomic E-state index is 12.6. The van der Waals surface area contributed by atoms with Gasteiger partial charge < -0.3 is 19.9 Å². The molecule has 0 fully saturated rings. The van der Waals surface area contributed by atoms with Crippen LogP contribution in [0.4, 0.5) is 10.5 Å². The molecule has 3 amide bonds. The molecule has 3 heterocycles. The molecule has 7 nitrogen and oxygen atoms in total. The fraction of sp³-hybridized carbons (Fsp3) is 0.375. The second kappa shape index (κ2) is 9.75. The van der Waals surface area contributed by atoms with Gasteiger partial charge in [-0.2, -0.15) is 0 Å². The van der Waals surface area contributed by atoms with Gasteiger partial charge >= 0.3 is 6.03 Å². The first-order valence-electron chi connectivity index (χ1n) is 10.8. The van der Waals surface area contributed by atoms with E-state index in [1.54, 1.807) is 11.1 Å². The summed E-state index contributed by atoms with van der Waals surface area (Å²) in [5.41, 5.74) is 5.37. The fourth-order valence-corrected chi connectivity index (χ4v) is 3.95. The van der Waals surface area contributed by atoms with Gasteiger partial charge in [0.25, 0.3) is 0 Å². The number of carbonyl (C=O) groups is 2. The highest BCUT2D eigenvalue weighted by Crippen LogP contribution is 2.25. The van der Waals surface area contributed by atoms with Gasteiger partial charge in [-0.25, -0.2) is 4.79 Å². The van der Waals surface area contributed by atoms with Crippen LogP contribution in [0.25, 0.3) is 5.57 Å². The van der Waals surface area contributed by atoms with E-state index in [1.807, 2.05) is 48.4 Å². The first kappa shape index (κ1) is 21.1. The zero-order chi connectivity index (χ0) is 21.6. The van der Waals surface area contributed by atoms with E-state index in [1.165, 1.54) is 5.57 Å². The summed E-state index contributed by atoms with van der Waals surface area (Å²) in [6.45, 7) is 5.59. The van der Waals surface area contributed by atoms with Crippen molar-refractivity contribution in [3.63, 3.8) is 0 Å². The number of ether oxygens (including phenoxy) is 1.